The Morgan fingerprint density at radius 3 is 2.27 bits per heavy atom. The SMILES string of the molecule is CCC(=O)OCC(=O)[C@@]1(OC(=O)CC)[C@@H](C)C[C@H]2[C@@H]3CCC4=CC(=O)C=C[C@]4(C)[C@@]3(F)[C@@H](O)C[C@@]21C.OCCO. The third-order valence-corrected chi connectivity index (χ3v) is 9.91. The van der Waals surface area contributed by atoms with Gasteiger partial charge >= 0.3 is 11.9 Å². The number of halogens is 1. The van der Waals surface area contributed by atoms with Crippen molar-refractivity contribution in [2.24, 2.45) is 28.6 Å². The molecule has 0 spiro atoms. The molecule has 3 saturated carbocycles. The Morgan fingerprint density at radius 2 is 1.70 bits per heavy atom. The first-order chi connectivity index (χ1) is 18.7. The number of aliphatic hydroxyl groups is 3. The summed E-state index contributed by atoms with van der Waals surface area (Å²) in [6, 6.07) is 0. The van der Waals surface area contributed by atoms with Crippen LogP contribution in [-0.4, -0.2) is 76.0 Å². The molecule has 0 amide bonds. The van der Waals surface area contributed by atoms with E-state index in [2.05, 4.69) is 0 Å². The molecule has 0 saturated heterocycles. The highest BCUT2D eigenvalue weighted by molar-refractivity contribution is 6.01. The quantitative estimate of drug-likeness (QED) is 0.396. The molecule has 40 heavy (non-hydrogen) atoms. The molecule has 4 aliphatic carbocycles. The normalized spacial score (nSPS) is 39.5. The maximum absolute atomic E-state index is 17.4. The van der Waals surface area contributed by atoms with Gasteiger partial charge in [-0.25, -0.2) is 4.39 Å². The van der Waals surface area contributed by atoms with Gasteiger partial charge in [-0.05, 0) is 50.7 Å². The van der Waals surface area contributed by atoms with Crippen molar-refractivity contribution in [3.63, 3.8) is 0 Å². The van der Waals surface area contributed by atoms with Gasteiger partial charge in [-0.15, -0.1) is 0 Å². The lowest BCUT2D eigenvalue weighted by Gasteiger charge is -2.62. The zero-order chi connectivity index (χ0) is 30.1. The molecule has 0 bridgehead atoms. The average molecular weight is 567 g/mol. The van der Waals surface area contributed by atoms with Crippen molar-refractivity contribution >= 4 is 23.5 Å². The van der Waals surface area contributed by atoms with E-state index in [-0.39, 0.29) is 44.2 Å². The molecular weight excluding hydrogens is 523 g/mol. The molecule has 8 atom stereocenters. The number of fused-ring (bicyclic) bond motifs is 5. The van der Waals surface area contributed by atoms with Gasteiger partial charge in [-0.1, -0.05) is 39.3 Å². The van der Waals surface area contributed by atoms with Crippen molar-refractivity contribution in [3.8, 4) is 0 Å². The number of carbonyl (C=O) groups is 4. The van der Waals surface area contributed by atoms with Crippen LogP contribution in [0.25, 0.3) is 0 Å². The Morgan fingerprint density at radius 1 is 1.07 bits per heavy atom. The maximum atomic E-state index is 17.4. The molecule has 10 heteroatoms. The Bertz CT molecular complexity index is 1080. The monoisotopic (exact) mass is 566 g/mol. The molecular formula is C30H43FO9. The predicted molar refractivity (Wildman–Crippen MR) is 142 cm³/mol. The molecule has 9 nitrogen and oxygen atoms in total. The summed E-state index contributed by atoms with van der Waals surface area (Å²) in [7, 11) is 0. The highest BCUT2D eigenvalue weighted by Gasteiger charge is 2.77. The Balaban J connectivity index is 0.00000103. The number of rotatable bonds is 7. The average Bonchev–Trinajstić information content (AvgIpc) is 3.14. The second-order valence-corrected chi connectivity index (χ2v) is 11.8. The molecule has 0 aliphatic heterocycles. The van der Waals surface area contributed by atoms with Crippen LogP contribution in [0.2, 0.25) is 0 Å². The van der Waals surface area contributed by atoms with Crippen molar-refractivity contribution in [1.82, 2.24) is 0 Å². The van der Waals surface area contributed by atoms with Crippen molar-refractivity contribution in [2.75, 3.05) is 19.8 Å². The highest BCUT2D eigenvalue weighted by Crippen LogP contribution is 2.71. The zero-order valence-corrected chi connectivity index (χ0v) is 24.1. The van der Waals surface area contributed by atoms with Gasteiger partial charge in [0, 0.05) is 35.5 Å². The van der Waals surface area contributed by atoms with Crippen LogP contribution in [0.4, 0.5) is 4.39 Å². The first kappa shape index (κ1) is 32.1. The Hall–Kier alpha value is -2.43. The van der Waals surface area contributed by atoms with Gasteiger partial charge in [0.25, 0.3) is 0 Å². The van der Waals surface area contributed by atoms with Crippen LogP contribution in [0, 0.1) is 28.6 Å². The van der Waals surface area contributed by atoms with Gasteiger partial charge < -0.3 is 24.8 Å². The highest BCUT2D eigenvalue weighted by atomic mass is 19.1. The summed E-state index contributed by atoms with van der Waals surface area (Å²) in [5.41, 5.74) is -5.26. The van der Waals surface area contributed by atoms with Crippen LogP contribution in [0.15, 0.2) is 23.8 Å². The lowest BCUT2D eigenvalue weighted by Crippen LogP contribution is -2.70. The molecule has 0 aromatic heterocycles. The van der Waals surface area contributed by atoms with E-state index < -0.39 is 64.4 Å². The summed E-state index contributed by atoms with van der Waals surface area (Å²) in [4.78, 5) is 50.3. The molecule has 224 valence electrons. The fourth-order valence-corrected chi connectivity index (χ4v) is 8.01. The van der Waals surface area contributed by atoms with E-state index in [4.69, 9.17) is 19.7 Å². The standard InChI is InChI=1S/C28H37FO7.C2H6O2/c1-6-23(33)35-15-22(32)28(36-24(34)7-2)16(3)12-20-19-9-8-17-13-18(30)10-11-25(17,4)27(19,29)21(31)14-26(20,28)5;3-1-2-4/h10-11,13,16,19-21,31H,6-9,12,14-15H2,1-5H3;3-4H,1-2H2/t16-,19-,20-,21-,25-,26-,27-,28-;/m0./s1. The fraction of sp³-hybridized carbons (Fsp3) is 0.733. The van der Waals surface area contributed by atoms with Gasteiger partial charge in [0.05, 0.1) is 19.3 Å². The van der Waals surface area contributed by atoms with E-state index in [1.807, 2.05) is 6.92 Å². The number of alkyl halides is 1. The number of ketones is 2. The van der Waals surface area contributed by atoms with Crippen LogP contribution in [0.3, 0.4) is 0 Å². The molecule has 0 aromatic rings. The zero-order valence-electron chi connectivity index (χ0n) is 24.1. The summed E-state index contributed by atoms with van der Waals surface area (Å²) in [6.45, 7) is 7.80. The summed E-state index contributed by atoms with van der Waals surface area (Å²) >= 11 is 0. The maximum Gasteiger partial charge on any atom is 0.306 e. The van der Waals surface area contributed by atoms with Gasteiger partial charge in [0.1, 0.15) is 0 Å². The van der Waals surface area contributed by atoms with Crippen molar-refractivity contribution in [1.29, 1.82) is 0 Å². The van der Waals surface area contributed by atoms with Crippen LogP contribution in [-0.2, 0) is 28.7 Å². The van der Waals surface area contributed by atoms with E-state index >= 15 is 4.39 Å². The minimum atomic E-state index is -2.05. The second kappa shape index (κ2) is 11.8. The van der Waals surface area contributed by atoms with E-state index in [0.29, 0.717) is 24.8 Å². The molecule has 0 unspecified atom stereocenters. The number of hydrogen-bond donors (Lipinski definition) is 3. The number of allylic oxidation sites excluding steroid dienone is 4. The smallest absolute Gasteiger partial charge is 0.306 e. The van der Waals surface area contributed by atoms with Gasteiger partial charge in [-0.2, -0.15) is 0 Å². The molecule has 0 heterocycles. The third-order valence-electron chi connectivity index (χ3n) is 9.91. The number of aliphatic hydroxyl groups excluding tert-OH is 3. The van der Waals surface area contributed by atoms with Gasteiger partial charge in [0.2, 0.25) is 5.78 Å². The van der Waals surface area contributed by atoms with Crippen LogP contribution in [0.5, 0.6) is 0 Å². The Kier molecular flexibility index (Phi) is 9.48. The van der Waals surface area contributed by atoms with E-state index in [1.165, 1.54) is 12.2 Å². The first-order valence-electron chi connectivity index (χ1n) is 14.2. The molecule has 0 radical (unpaired) electrons. The molecule has 3 fully saturated rings. The van der Waals surface area contributed by atoms with E-state index in [0.717, 1.165) is 0 Å². The minimum Gasteiger partial charge on any atom is -0.457 e. The van der Waals surface area contributed by atoms with Gasteiger partial charge in [-0.3, -0.25) is 19.2 Å². The number of carbonyl (C=O) groups excluding carboxylic acids is 4. The number of hydrogen-bond acceptors (Lipinski definition) is 9. The van der Waals surface area contributed by atoms with Crippen LogP contribution < -0.4 is 0 Å². The number of esters is 2. The van der Waals surface area contributed by atoms with Crippen molar-refractivity contribution < 1.29 is 48.4 Å². The predicted octanol–water partition coefficient (Wildman–Crippen LogP) is 2.79. The summed E-state index contributed by atoms with van der Waals surface area (Å²) in [5, 5.41) is 26.8. The van der Waals surface area contributed by atoms with Crippen molar-refractivity contribution in [2.45, 2.75) is 90.5 Å². The Labute approximate surface area is 234 Å². The fourth-order valence-electron chi connectivity index (χ4n) is 8.01. The second-order valence-electron chi connectivity index (χ2n) is 11.8. The number of ether oxygens (including phenoxy) is 2. The van der Waals surface area contributed by atoms with E-state index in [1.54, 1.807) is 33.8 Å². The summed E-state index contributed by atoms with van der Waals surface area (Å²) < 4.78 is 28.5. The number of Topliss-reactive ketones (excluding diaryl/α,β-unsaturated/α-hetero) is 1. The van der Waals surface area contributed by atoms with Crippen LogP contribution >= 0.6 is 0 Å². The minimum absolute atomic E-state index is 0.0430. The lowest BCUT2D eigenvalue weighted by atomic mass is 9.44. The molecule has 4 rings (SSSR count). The third kappa shape index (κ3) is 4.75. The molecule has 0 aromatic carbocycles. The molecule has 3 N–H and O–H groups in total. The lowest BCUT2D eigenvalue weighted by molar-refractivity contribution is -0.228. The molecule has 4 aliphatic rings. The summed E-state index contributed by atoms with van der Waals surface area (Å²) in [5.74, 6) is -3.31. The largest absolute Gasteiger partial charge is 0.457 e. The van der Waals surface area contributed by atoms with Gasteiger partial charge in [0.15, 0.2) is 23.7 Å². The van der Waals surface area contributed by atoms with Crippen LogP contribution in [0.1, 0.15) is 73.1 Å². The van der Waals surface area contributed by atoms with E-state index in [9.17, 15) is 24.3 Å². The summed E-state index contributed by atoms with van der Waals surface area (Å²) in [6.07, 6.45) is 4.32. The first-order valence-corrected chi connectivity index (χ1v) is 14.2. The van der Waals surface area contributed by atoms with Crippen molar-refractivity contribution in [3.05, 3.63) is 23.8 Å². The topological polar surface area (TPSA) is 147 Å².